The van der Waals surface area contributed by atoms with E-state index in [9.17, 15) is 19.1 Å². The number of hydrogen-bond donors (Lipinski definition) is 2. The molecule has 1 aromatic carbocycles. The first-order valence-electron chi connectivity index (χ1n) is 10.2. The van der Waals surface area contributed by atoms with E-state index in [-0.39, 0.29) is 18.1 Å². The van der Waals surface area contributed by atoms with Crippen LogP contribution in [0.25, 0.3) is 0 Å². The van der Waals surface area contributed by atoms with Gasteiger partial charge in [0.25, 0.3) is 11.5 Å². The number of aromatic hydroxyl groups is 1. The lowest BCUT2D eigenvalue weighted by Crippen LogP contribution is -2.52. The number of benzene rings is 1. The highest BCUT2D eigenvalue weighted by molar-refractivity contribution is 5.94. The van der Waals surface area contributed by atoms with Crippen LogP contribution >= 0.6 is 0 Å². The molecule has 1 amide bonds. The zero-order valence-corrected chi connectivity index (χ0v) is 18.1. The van der Waals surface area contributed by atoms with E-state index in [0.717, 1.165) is 5.69 Å². The minimum atomic E-state index is -0.718. The van der Waals surface area contributed by atoms with Crippen LogP contribution in [0.4, 0.5) is 4.39 Å². The van der Waals surface area contributed by atoms with Gasteiger partial charge in [0.2, 0.25) is 5.75 Å². The fourth-order valence-electron chi connectivity index (χ4n) is 3.85. The van der Waals surface area contributed by atoms with Crippen LogP contribution in [0, 0.1) is 12.7 Å². The molecule has 4 rings (SSSR count). The number of hydrogen-bond acceptors (Lipinski definition) is 7. The molecule has 1 aliphatic rings. The Labute approximate surface area is 183 Å². The molecule has 0 atom stereocenters. The number of aryl methyl sites for hydroxylation is 1. The van der Waals surface area contributed by atoms with Crippen LogP contribution in [0.3, 0.4) is 0 Å². The van der Waals surface area contributed by atoms with Crippen molar-refractivity contribution in [1.29, 1.82) is 0 Å². The van der Waals surface area contributed by atoms with E-state index in [4.69, 9.17) is 4.52 Å². The summed E-state index contributed by atoms with van der Waals surface area (Å²) in [5.74, 6) is -0.683. The number of carbonyl (C=O) groups excluding carboxylic acids is 1. The molecule has 168 valence electrons. The summed E-state index contributed by atoms with van der Waals surface area (Å²) >= 11 is 0. The van der Waals surface area contributed by atoms with E-state index in [0.29, 0.717) is 36.8 Å². The zero-order valence-electron chi connectivity index (χ0n) is 18.1. The van der Waals surface area contributed by atoms with Crippen LogP contribution in [0.15, 0.2) is 39.6 Å². The van der Waals surface area contributed by atoms with Crippen LogP contribution in [0.5, 0.6) is 5.75 Å². The average Bonchev–Trinajstić information content (AvgIpc) is 3.16. The third kappa shape index (κ3) is 4.01. The van der Waals surface area contributed by atoms with Gasteiger partial charge in [0.15, 0.2) is 5.69 Å². The Balaban J connectivity index is 1.61. The van der Waals surface area contributed by atoms with Gasteiger partial charge in [-0.15, -0.1) is 0 Å². The highest BCUT2D eigenvalue weighted by Gasteiger charge is 2.39. The molecule has 1 aliphatic heterocycles. The van der Waals surface area contributed by atoms with Crippen molar-refractivity contribution >= 4 is 5.91 Å². The Bertz CT molecular complexity index is 1220. The van der Waals surface area contributed by atoms with Crippen LogP contribution in [0.2, 0.25) is 0 Å². The van der Waals surface area contributed by atoms with E-state index in [1.807, 2.05) is 26.8 Å². The van der Waals surface area contributed by atoms with Gasteiger partial charge >= 0.3 is 0 Å². The third-order valence-electron chi connectivity index (χ3n) is 5.69. The van der Waals surface area contributed by atoms with E-state index in [2.05, 4.69) is 20.4 Å². The molecular weight excluding hydrogens is 417 g/mol. The van der Waals surface area contributed by atoms with E-state index in [1.165, 1.54) is 28.8 Å². The molecule has 0 radical (unpaired) electrons. The molecule has 0 spiro atoms. The fraction of sp³-hybridized carbons (Fsp3) is 0.364. The van der Waals surface area contributed by atoms with Gasteiger partial charge in [-0.2, -0.15) is 0 Å². The molecule has 3 heterocycles. The molecule has 3 aromatic rings. The van der Waals surface area contributed by atoms with Crippen LogP contribution in [0.1, 0.15) is 47.2 Å². The summed E-state index contributed by atoms with van der Waals surface area (Å²) in [7, 11) is 0. The van der Waals surface area contributed by atoms with Crippen LogP contribution in [-0.4, -0.2) is 37.2 Å². The number of nitrogens with one attached hydrogen (secondary N) is 1. The molecule has 10 heteroatoms. The molecule has 0 unspecified atom stereocenters. The number of nitrogens with zero attached hydrogens (tertiary/aromatic N) is 4. The van der Waals surface area contributed by atoms with Crippen molar-refractivity contribution in [1.82, 2.24) is 24.9 Å². The number of aromatic nitrogens is 3. The summed E-state index contributed by atoms with van der Waals surface area (Å²) in [6.45, 7) is 7.03. The normalized spacial score (nSPS) is 15.4. The topological polar surface area (TPSA) is 113 Å². The summed E-state index contributed by atoms with van der Waals surface area (Å²) < 4.78 is 19.6. The van der Waals surface area contributed by atoms with Crippen molar-refractivity contribution in [2.24, 2.45) is 0 Å². The predicted octanol–water partition coefficient (Wildman–Crippen LogP) is 2.07. The quantitative estimate of drug-likeness (QED) is 0.623. The molecule has 2 aromatic heterocycles. The van der Waals surface area contributed by atoms with Crippen molar-refractivity contribution in [3.63, 3.8) is 0 Å². The molecule has 0 bridgehead atoms. The smallest absolute Gasteiger partial charge is 0.296 e. The van der Waals surface area contributed by atoms with Crippen molar-refractivity contribution < 1.29 is 18.8 Å². The highest BCUT2D eigenvalue weighted by atomic mass is 19.1. The van der Waals surface area contributed by atoms with Crippen molar-refractivity contribution in [3.05, 3.63) is 75.0 Å². The minimum Gasteiger partial charge on any atom is -0.501 e. The number of halogens is 1. The lowest BCUT2D eigenvalue weighted by Gasteiger charge is -2.42. The van der Waals surface area contributed by atoms with E-state index in [1.54, 1.807) is 0 Å². The molecule has 32 heavy (non-hydrogen) atoms. The summed E-state index contributed by atoms with van der Waals surface area (Å²) in [6.07, 6.45) is 0. The maximum Gasteiger partial charge on any atom is 0.296 e. The molecule has 9 nitrogen and oxygen atoms in total. The Kier molecular flexibility index (Phi) is 5.55. The second kappa shape index (κ2) is 8.19. The van der Waals surface area contributed by atoms with Gasteiger partial charge in [-0.1, -0.05) is 17.3 Å². The molecule has 2 N–H and O–H groups in total. The van der Waals surface area contributed by atoms with Crippen LogP contribution < -0.4 is 10.9 Å². The van der Waals surface area contributed by atoms with Crippen molar-refractivity contribution in [3.8, 4) is 5.75 Å². The molecule has 0 saturated heterocycles. The Hall–Kier alpha value is -3.53. The molecule has 0 fully saturated rings. The molecule has 0 saturated carbocycles. The Morgan fingerprint density at radius 3 is 2.66 bits per heavy atom. The minimum absolute atomic E-state index is 0.0969. The van der Waals surface area contributed by atoms with Crippen molar-refractivity contribution in [2.45, 2.75) is 45.9 Å². The highest BCUT2D eigenvalue weighted by Crippen LogP contribution is 2.31. The largest absolute Gasteiger partial charge is 0.501 e. The first-order chi connectivity index (χ1) is 15.2. The third-order valence-corrected chi connectivity index (χ3v) is 5.69. The van der Waals surface area contributed by atoms with E-state index < -0.39 is 22.8 Å². The SMILES string of the molecule is Cc1cc(CN2CCn3c(nc(C(=O)NCc4ccc(F)cc4)c(O)c3=O)C2(C)C)no1. The van der Waals surface area contributed by atoms with Gasteiger partial charge in [0.05, 0.1) is 11.2 Å². The fourth-order valence-corrected chi connectivity index (χ4v) is 3.85. The predicted molar refractivity (Wildman–Crippen MR) is 112 cm³/mol. The monoisotopic (exact) mass is 441 g/mol. The number of fused-ring (bicyclic) bond motifs is 1. The van der Waals surface area contributed by atoms with Crippen molar-refractivity contribution in [2.75, 3.05) is 6.54 Å². The Morgan fingerprint density at radius 1 is 1.28 bits per heavy atom. The lowest BCUT2D eigenvalue weighted by atomic mass is 9.97. The summed E-state index contributed by atoms with van der Waals surface area (Å²) in [4.78, 5) is 32.0. The maximum absolute atomic E-state index is 13.1. The zero-order chi connectivity index (χ0) is 23.0. The van der Waals surface area contributed by atoms with Crippen LogP contribution in [-0.2, 0) is 25.2 Å². The summed E-state index contributed by atoms with van der Waals surface area (Å²) in [6, 6.07) is 7.50. The molecular formula is C22H24FN5O4. The van der Waals surface area contributed by atoms with Gasteiger partial charge in [0.1, 0.15) is 17.4 Å². The van der Waals surface area contributed by atoms with Gasteiger partial charge in [-0.3, -0.25) is 19.1 Å². The maximum atomic E-state index is 13.1. The summed E-state index contributed by atoms with van der Waals surface area (Å²) in [5, 5.41) is 17.0. The standard InChI is InChI=1S/C22H24FN5O4/c1-13-10-16(26-32-13)12-27-8-9-28-20(31)18(29)17(25-21(28)22(27,2)3)19(30)24-11-14-4-6-15(23)7-5-14/h4-7,10,29H,8-9,11-12H2,1-3H3,(H,24,30). The number of amides is 1. The van der Waals surface area contributed by atoms with Gasteiger partial charge in [0, 0.05) is 32.2 Å². The summed E-state index contributed by atoms with van der Waals surface area (Å²) in [5.41, 5.74) is -0.294. The second-order valence-corrected chi connectivity index (χ2v) is 8.31. The lowest BCUT2D eigenvalue weighted by molar-refractivity contribution is 0.0627. The first kappa shape index (κ1) is 21.7. The average molecular weight is 441 g/mol. The number of rotatable bonds is 5. The van der Waals surface area contributed by atoms with Gasteiger partial charge in [-0.05, 0) is 38.5 Å². The molecule has 0 aliphatic carbocycles. The second-order valence-electron chi connectivity index (χ2n) is 8.31. The Morgan fingerprint density at radius 2 is 2.00 bits per heavy atom. The first-order valence-corrected chi connectivity index (χ1v) is 10.2. The van der Waals surface area contributed by atoms with E-state index >= 15 is 0 Å². The van der Waals surface area contributed by atoms with Gasteiger partial charge < -0.3 is 14.9 Å². The number of carbonyl (C=O) groups is 1. The van der Waals surface area contributed by atoms with Gasteiger partial charge in [-0.25, -0.2) is 9.37 Å².